The first-order valence-corrected chi connectivity index (χ1v) is 15.4. The maximum atomic E-state index is 13.7. The summed E-state index contributed by atoms with van der Waals surface area (Å²) in [5.74, 6) is 1.95. The summed E-state index contributed by atoms with van der Waals surface area (Å²) in [5, 5.41) is 6.19. The minimum absolute atomic E-state index is 0.0906. The first-order valence-electron chi connectivity index (χ1n) is 15.4. The molecule has 3 aromatic rings. The van der Waals surface area contributed by atoms with Gasteiger partial charge >= 0.3 is 0 Å². The molecule has 0 unspecified atom stereocenters. The van der Waals surface area contributed by atoms with Gasteiger partial charge in [0.25, 0.3) is 0 Å². The highest BCUT2D eigenvalue weighted by atomic mass is 16.5. The summed E-state index contributed by atoms with van der Waals surface area (Å²) in [5.41, 5.74) is 4.07. The largest absolute Gasteiger partial charge is 0.495 e. The number of fused-ring (bicyclic) bond motifs is 3. The first-order chi connectivity index (χ1) is 22.2. The molecule has 1 heterocycles. The van der Waals surface area contributed by atoms with Crippen molar-refractivity contribution in [2.75, 3.05) is 64.8 Å². The van der Waals surface area contributed by atoms with E-state index in [-0.39, 0.29) is 22.9 Å². The molecule has 2 amide bonds. The number of hydrogen-bond donors (Lipinski definition) is 2. The fraction of sp³-hybridized carbons (Fsp3) is 0.400. The second kappa shape index (κ2) is 14.0. The normalized spacial score (nSPS) is 16.3. The molecule has 1 saturated heterocycles. The molecule has 0 bridgehead atoms. The van der Waals surface area contributed by atoms with Gasteiger partial charge in [-0.05, 0) is 66.8 Å². The molecule has 1 aliphatic heterocycles. The Bertz CT molecular complexity index is 1670. The van der Waals surface area contributed by atoms with Crippen molar-refractivity contribution in [3.8, 4) is 34.1 Å². The number of nitrogens with one attached hydrogen (secondary N) is 2. The van der Waals surface area contributed by atoms with Gasteiger partial charge in [-0.25, -0.2) is 0 Å². The van der Waals surface area contributed by atoms with Gasteiger partial charge in [-0.15, -0.1) is 0 Å². The number of methoxy groups -OCH3 is 4. The average molecular weight is 631 g/mol. The Kier molecular flexibility index (Phi) is 9.89. The van der Waals surface area contributed by atoms with Crippen LogP contribution >= 0.6 is 0 Å². The molecule has 0 radical (unpaired) electrons. The van der Waals surface area contributed by atoms with E-state index in [1.165, 1.54) is 6.92 Å². The number of benzene rings is 2. The molecule has 11 nitrogen and oxygen atoms in total. The summed E-state index contributed by atoms with van der Waals surface area (Å²) in [7, 11) is 6.33. The molecule has 2 N–H and O–H groups in total. The van der Waals surface area contributed by atoms with Crippen LogP contribution < -0.4 is 39.9 Å². The Labute approximate surface area is 269 Å². The minimum atomic E-state index is -0.648. The van der Waals surface area contributed by atoms with E-state index in [0.717, 1.165) is 28.1 Å². The fourth-order valence-corrected chi connectivity index (χ4v) is 6.45. The molecular formula is C35H42N4O7. The van der Waals surface area contributed by atoms with Crippen LogP contribution in [-0.4, -0.2) is 77.4 Å². The second-order valence-electron chi connectivity index (χ2n) is 11.4. The molecule has 11 heteroatoms. The number of para-hydroxylation sites is 2. The SMILES string of the molecule is COc1ccccc1N1CCN(C(=O)[C@H](C)Nc2ccc3c(cc2=O)[C@@H](NC(C)=O)CCc2cc(OC)c(OC)c(OC)c2-3)CC1. The topological polar surface area (TPSA) is 119 Å². The number of rotatable bonds is 9. The summed E-state index contributed by atoms with van der Waals surface area (Å²) < 4.78 is 22.7. The Morgan fingerprint density at radius 3 is 2.22 bits per heavy atom. The number of anilines is 2. The average Bonchev–Trinajstić information content (AvgIpc) is 3.31. The van der Waals surface area contributed by atoms with Gasteiger partial charge < -0.3 is 39.4 Å². The van der Waals surface area contributed by atoms with Crippen molar-refractivity contribution in [1.29, 1.82) is 0 Å². The number of carbonyl (C=O) groups excluding carboxylic acids is 2. The van der Waals surface area contributed by atoms with E-state index in [0.29, 0.717) is 61.8 Å². The maximum absolute atomic E-state index is 13.7. The van der Waals surface area contributed by atoms with Gasteiger partial charge in [0.2, 0.25) is 23.0 Å². The molecule has 46 heavy (non-hydrogen) atoms. The lowest BCUT2D eigenvalue weighted by molar-refractivity contribution is -0.132. The van der Waals surface area contributed by atoms with Crippen LogP contribution in [0.5, 0.6) is 23.0 Å². The standard InChI is InChI=1S/C35H42N4O7/c1-21(35(42)39-17-15-38(16-18-39)28-9-7-8-10-30(28)43-3)36-27-14-12-24-25(20-29(27)41)26(37-22(2)40)13-11-23-19-31(44-4)33(45-5)34(46-6)32(23)24/h7-10,12,14,19-21,26H,11,13,15-18H2,1-6H3,(H,36,41)(H,37,40)/t21-,26-/m0/s1. The van der Waals surface area contributed by atoms with Gasteiger partial charge in [-0.3, -0.25) is 14.4 Å². The molecule has 2 atom stereocenters. The first kappa shape index (κ1) is 32.5. The lowest BCUT2D eigenvalue weighted by Gasteiger charge is -2.37. The zero-order valence-electron chi connectivity index (χ0n) is 27.3. The summed E-state index contributed by atoms with van der Waals surface area (Å²) in [4.78, 5) is 43.5. The summed E-state index contributed by atoms with van der Waals surface area (Å²) in [6.07, 6.45) is 1.16. The third-order valence-electron chi connectivity index (χ3n) is 8.68. The van der Waals surface area contributed by atoms with Gasteiger partial charge in [0.05, 0.1) is 45.9 Å². The predicted molar refractivity (Wildman–Crippen MR) is 178 cm³/mol. The quantitative estimate of drug-likeness (QED) is 0.362. The number of carbonyl (C=O) groups is 2. The fourth-order valence-electron chi connectivity index (χ4n) is 6.45. The monoisotopic (exact) mass is 630 g/mol. The van der Waals surface area contributed by atoms with Crippen LogP contribution in [0.25, 0.3) is 11.1 Å². The van der Waals surface area contributed by atoms with Gasteiger partial charge in [0.15, 0.2) is 11.5 Å². The lowest BCUT2D eigenvalue weighted by Crippen LogP contribution is -2.52. The van der Waals surface area contributed by atoms with Crippen molar-refractivity contribution in [1.82, 2.24) is 10.2 Å². The predicted octanol–water partition coefficient (Wildman–Crippen LogP) is 4.02. The number of piperazine rings is 1. The van der Waals surface area contributed by atoms with Crippen LogP contribution in [0.2, 0.25) is 0 Å². The molecule has 0 spiro atoms. The Hall–Kier alpha value is -4.93. The van der Waals surface area contributed by atoms with E-state index in [9.17, 15) is 14.4 Å². The molecule has 0 aromatic heterocycles. The van der Waals surface area contributed by atoms with Gasteiger partial charge in [0.1, 0.15) is 11.8 Å². The Morgan fingerprint density at radius 1 is 0.870 bits per heavy atom. The molecule has 0 saturated carbocycles. The lowest BCUT2D eigenvalue weighted by atomic mass is 9.95. The van der Waals surface area contributed by atoms with Crippen molar-refractivity contribution in [2.45, 2.75) is 38.8 Å². The van der Waals surface area contributed by atoms with Crippen LogP contribution in [0.4, 0.5) is 11.4 Å². The van der Waals surface area contributed by atoms with E-state index in [1.54, 1.807) is 47.5 Å². The highest BCUT2D eigenvalue weighted by Crippen LogP contribution is 2.50. The van der Waals surface area contributed by atoms with Crippen molar-refractivity contribution >= 4 is 23.2 Å². The van der Waals surface area contributed by atoms with Crippen LogP contribution in [0.15, 0.2) is 53.3 Å². The summed E-state index contributed by atoms with van der Waals surface area (Å²) in [6, 6.07) is 13.8. The van der Waals surface area contributed by atoms with Crippen LogP contribution in [0.3, 0.4) is 0 Å². The van der Waals surface area contributed by atoms with Crippen LogP contribution in [0.1, 0.15) is 37.4 Å². The molecule has 1 aliphatic carbocycles. The molecule has 3 aromatic carbocycles. The highest BCUT2D eigenvalue weighted by Gasteiger charge is 2.30. The van der Waals surface area contributed by atoms with E-state index in [1.807, 2.05) is 41.3 Å². The van der Waals surface area contributed by atoms with E-state index in [4.69, 9.17) is 18.9 Å². The number of amides is 2. The zero-order valence-corrected chi connectivity index (χ0v) is 27.3. The van der Waals surface area contributed by atoms with E-state index in [2.05, 4.69) is 15.5 Å². The maximum Gasteiger partial charge on any atom is 0.244 e. The number of aryl methyl sites for hydroxylation is 1. The molecular weight excluding hydrogens is 588 g/mol. The smallest absolute Gasteiger partial charge is 0.244 e. The van der Waals surface area contributed by atoms with Gasteiger partial charge in [0, 0.05) is 38.7 Å². The Balaban J connectivity index is 1.44. The summed E-state index contributed by atoms with van der Waals surface area (Å²) in [6.45, 7) is 5.65. The Morgan fingerprint density at radius 2 is 1.57 bits per heavy atom. The van der Waals surface area contributed by atoms with Gasteiger partial charge in [-0.2, -0.15) is 0 Å². The molecule has 244 valence electrons. The van der Waals surface area contributed by atoms with Crippen molar-refractivity contribution in [3.63, 3.8) is 0 Å². The van der Waals surface area contributed by atoms with Crippen molar-refractivity contribution < 1.29 is 28.5 Å². The second-order valence-corrected chi connectivity index (χ2v) is 11.4. The highest BCUT2D eigenvalue weighted by molar-refractivity contribution is 5.86. The number of nitrogens with zero attached hydrogens (tertiary/aromatic N) is 2. The van der Waals surface area contributed by atoms with Crippen LogP contribution in [0, 0.1) is 0 Å². The number of ether oxygens (including phenoxy) is 4. The third kappa shape index (κ3) is 6.40. The summed E-state index contributed by atoms with van der Waals surface area (Å²) >= 11 is 0. The van der Waals surface area contributed by atoms with Crippen molar-refractivity contribution in [2.24, 2.45) is 0 Å². The molecule has 2 aliphatic rings. The third-order valence-corrected chi connectivity index (χ3v) is 8.68. The van der Waals surface area contributed by atoms with E-state index < -0.39 is 12.1 Å². The minimum Gasteiger partial charge on any atom is -0.495 e. The zero-order chi connectivity index (χ0) is 33.0. The number of hydrogen-bond acceptors (Lipinski definition) is 9. The molecule has 1 fully saturated rings. The van der Waals surface area contributed by atoms with E-state index >= 15 is 0 Å². The van der Waals surface area contributed by atoms with Crippen molar-refractivity contribution in [3.05, 3.63) is 69.9 Å². The van der Waals surface area contributed by atoms with Gasteiger partial charge in [-0.1, -0.05) is 18.2 Å². The van der Waals surface area contributed by atoms with Crippen LogP contribution in [-0.2, 0) is 16.0 Å². The molecule has 5 rings (SSSR count).